The summed E-state index contributed by atoms with van der Waals surface area (Å²) < 4.78 is 0. The Morgan fingerprint density at radius 1 is 1.50 bits per heavy atom. The molecule has 10 heavy (non-hydrogen) atoms. The van der Waals surface area contributed by atoms with Crippen molar-refractivity contribution in [3.8, 4) is 5.88 Å². The molecule has 50 valence electrons. The molecule has 2 aromatic rings. The Bertz CT molecular complexity index is 322. The number of hydrogen-bond donors (Lipinski definition) is 2. The molecule has 0 aliphatic heterocycles. The lowest BCUT2D eigenvalue weighted by molar-refractivity contribution is 0.458. The zero-order valence-electron chi connectivity index (χ0n) is 5.07. The van der Waals surface area contributed by atoms with Gasteiger partial charge < -0.3 is 10.1 Å². The molecule has 0 amide bonds. The van der Waals surface area contributed by atoms with Crippen LogP contribution in [0, 0.1) is 0 Å². The molecular weight excluding hydrogens is 130 g/mol. The van der Waals surface area contributed by atoms with E-state index in [1.165, 1.54) is 6.33 Å². The van der Waals surface area contributed by atoms with Gasteiger partial charge in [-0.15, -0.1) is 0 Å². The molecule has 0 saturated heterocycles. The van der Waals surface area contributed by atoms with Crippen molar-refractivity contribution in [1.29, 1.82) is 0 Å². The topological polar surface area (TPSA) is 61.8 Å². The highest BCUT2D eigenvalue weighted by atomic mass is 16.3. The van der Waals surface area contributed by atoms with Crippen molar-refractivity contribution in [3.05, 3.63) is 18.6 Å². The lowest BCUT2D eigenvalue weighted by atomic mass is 10.4. The second kappa shape index (κ2) is 1.70. The van der Waals surface area contributed by atoms with E-state index in [4.69, 9.17) is 5.11 Å². The first kappa shape index (κ1) is 5.22. The van der Waals surface area contributed by atoms with Gasteiger partial charge in [-0.3, -0.25) is 0 Å². The molecule has 2 rings (SSSR count). The minimum Gasteiger partial charge on any atom is -0.495 e. The number of aromatic nitrogens is 3. The van der Waals surface area contributed by atoms with Crippen LogP contribution < -0.4 is 0 Å². The van der Waals surface area contributed by atoms with Crippen LogP contribution in [0.2, 0.25) is 0 Å². The first-order valence-electron chi connectivity index (χ1n) is 2.84. The van der Waals surface area contributed by atoms with Crippen molar-refractivity contribution in [3.63, 3.8) is 0 Å². The standard InChI is InChI=1S/C6H5N3O/c10-5-1-4-2-7-3-8-6(4)9-5/h1-3,10H,(H,7,8,9). The third kappa shape index (κ3) is 0.621. The summed E-state index contributed by atoms with van der Waals surface area (Å²) in [5, 5.41) is 9.75. The van der Waals surface area contributed by atoms with Gasteiger partial charge in [0.25, 0.3) is 0 Å². The maximum Gasteiger partial charge on any atom is 0.190 e. The molecule has 0 aliphatic carbocycles. The minimum atomic E-state index is 0.121. The van der Waals surface area contributed by atoms with Crippen molar-refractivity contribution in [2.45, 2.75) is 0 Å². The highest BCUT2D eigenvalue weighted by molar-refractivity contribution is 5.75. The van der Waals surface area contributed by atoms with Gasteiger partial charge in [0.1, 0.15) is 12.0 Å². The van der Waals surface area contributed by atoms with E-state index in [1.54, 1.807) is 12.3 Å². The monoisotopic (exact) mass is 135 g/mol. The van der Waals surface area contributed by atoms with Gasteiger partial charge in [0.05, 0.1) is 0 Å². The highest BCUT2D eigenvalue weighted by Gasteiger charge is 1.96. The van der Waals surface area contributed by atoms with Crippen molar-refractivity contribution in [2.24, 2.45) is 0 Å². The molecule has 0 saturated carbocycles. The van der Waals surface area contributed by atoms with E-state index in [1.807, 2.05) is 0 Å². The fraction of sp³-hybridized carbons (Fsp3) is 0. The van der Waals surface area contributed by atoms with E-state index >= 15 is 0 Å². The van der Waals surface area contributed by atoms with E-state index in [2.05, 4.69) is 15.0 Å². The summed E-state index contributed by atoms with van der Waals surface area (Å²) in [5.41, 5.74) is 0.660. The van der Waals surface area contributed by atoms with Crippen molar-refractivity contribution < 1.29 is 5.11 Å². The summed E-state index contributed by atoms with van der Waals surface area (Å²) in [5.74, 6) is 0.121. The van der Waals surface area contributed by atoms with Crippen molar-refractivity contribution in [2.75, 3.05) is 0 Å². The lowest BCUT2D eigenvalue weighted by Crippen LogP contribution is -1.75. The van der Waals surface area contributed by atoms with Crippen LogP contribution in [0.15, 0.2) is 18.6 Å². The molecule has 0 fully saturated rings. The number of nitrogens with one attached hydrogen (secondary N) is 1. The molecule has 2 aromatic heterocycles. The maximum atomic E-state index is 8.93. The number of rotatable bonds is 0. The lowest BCUT2D eigenvalue weighted by Gasteiger charge is -1.81. The predicted octanol–water partition coefficient (Wildman–Crippen LogP) is 0.663. The quantitative estimate of drug-likeness (QED) is 0.557. The van der Waals surface area contributed by atoms with E-state index < -0.39 is 0 Å². The second-order valence-corrected chi connectivity index (χ2v) is 1.98. The van der Waals surface area contributed by atoms with Crippen molar-refractivity contribution >= 4 is 11.0 Å². The molecule has 4 nitrogen and oxygen atoms in total. The maximum absolute atomic E-state index is 8.93. The van der Waals surface area contributed by atoms with Crippen LogP contribution in [-0.4, -0.2) is 20.1 Å². The third-order valence-electron chi connectivity index (χ3n) is 1.28. The zero-order valence-corrected chi connectivity index (χ0v) is 5.07. The Morgan fingerprint density at radius 2 is 2.40 bits per heavy atom. The molecule has 0 spiro atoms. The summed E-state index contributed by atoms with van der Waals surface area (Å²) in [6.45, 7) is 0. The number of aromatic hydroxyl groups is 1. The molecule has 0 unspecified atom stereocenters. The Kier molecular flexibility index (Phi) is 0.887. The molecular formula is C6H5N3O. The van der Waals surface area contributed by atoms with Crippen LogP contribution in [0.3, 0.4) is 0 Å². The number of fused-ring (bicyclic) bond motifs is 1. The van der Waals surface area contributed by atoms with E-state index in [9.17, 15) is 0 Å². The summed E-state index contributed by atoms with van der Waals surface area (Å²) in [7, 11) is 0. The fourth-order valence-corrected chi connectivity index (χ4v) is 0.855. The normalized spacial score (nSPS) is 10.4. The zero-order chi connectivity index (χ0) is 6.97. The predicted molar refractivity (Wildman–Crippen MR) is 35.6 cm³/mol. The minimum absolute atomic E-state index is 0.121. The number of hydrogen-bond acceptors (Lipinski definition) is 3. The Labute approximate surface area is 56.6 Å². The number of H-pyrrole nitrogens is 1. The first-order valence-corrected chi connectivity index (χ1v) is 2.84. The van der Waals surface area contributed by atoms with Gasteiger partial charge >= 0.3 is 0 Å². The molecule has 2 N–H and O–H groups in total. The Hall–Kier alpha value is -1.58. The summed E-state index contributed by atoms with van der Waals surface area (Å²) in [6, 6.07) is 1.58. The first-order chi connectivity index (χ1) is 4.86. The molecule has 4 heteroatoms. The number of nitrogens with zero attached hydrogens (tertiary/aromatic N) is 2. The smallest absolute Gasteiger partial charge is 0.190 e. The van der Waals surface area contributed by atoms with E-state index in [-0.39, 0.29) is 5.88 Å². The van der Waals surface area contributed by atoms with Crippen molar-refractivity contribution in [1.82, 2.24) is 15.0 Å². The summed E-state index contributed by atoms with van der Waals surface area (Å²) in [6.07, 6.45) is 3.07. The summed E-state index contributed by atoms with van der Waals surface area (Å²) in [4.78, 5) is 10.3. The average Bonchev–Trinajstić information content (AvgIpc) is 2.27. The Morgan fingerprint density at radius 3 is 3.20 bits per heavy atom. The summed E-state index contributed by atoms with van der Waals surface area (Å²) >= 11 is 0. The van der Waals surface area contributed by atoms with Crippen LogP contribution in [0.4, 0.5) is 0 Å². The Balaban J connectivity index is 2.88. The molecule has 0 aliphatic rings. The fourth-order valence-electron chi connectivity index (χ4n) is 0.855. The van der Waals surface area contributed by atoms with Gasteiger partial charge in [-0.2, -0.15) is 0 Å². The third-order valence-corrected chi connectivity index (χ3v) is 1.28. The highest BCUT2D eigenvalue weighted by Crippen LogP contribution is 2.14. The largest absolute Gasteiger partial charge is 0.495 e. The van der Waals surface area contributed by atoms with Crippen LogP contribution in [-0.2, 0) is 0 Å². The van der Waals surface area contributed by atoms with Gasteiger partial charge in [0, 0.05) is 17.6 Å². The molecule has 0 bridgehead atoms. The van der Waals surface area contributed by atoms with Crippen LogP contribution in [0.25, 0.3) is 11.0 Å². The molecule has 2 heterocycles. The van der Waals surface area contributed by atoms with Gasteiger partial charge in [0.2, 0.25) is 0 Å². The average molecular weight is 135 g/mol. The van der Waals surface area contributed by atoms with Crippen LogP contribution in [0.5, 0.6) is 5.88 Å². The van der Waals surface area contributed by atoms with E-state index in [0.29, 0.717) is 5.65 Å². The van der Waals surface area contributed by atoms with Crippen LogP contribution in [0.1, 0.15) is 0 Å². The molecule has 0 atom stereocenters. The second-order valence-electron chi connectivity index (χ2n) is 1.98. The van der Waals surface area contributed by atoms with Gasteiger partial charge in [-0.1, -0.05) is 0 Å². The van der Waals surface area contributed by atoms with E-state index in [0.717, 1.165) is 5.39 Å². The molecule has 0 aromatic carbocycles. The molecule has 0 radical (unpaired) electrons. The van der Waals surface area contributed by atoms with Crippen LogP contribution >= 0.6 is 0 Å². The number of aromatic amines is 1. The van der Waals surface area contributed by atoms with Gasteiger partial charge in [-0.25, -0.2) is 9.97 Å². The van der Waals surface area contributed by atoms with Gasteiger partial charge in [-0.05, 0) is 0 Å². The SMILES string of the molecule is Oc1cc2cncnc2[nH]1. The van der Waals surface area contributed by atoms with Gasteiger partial charge in [0.15, 0.2) is 5.88 Å².